The van der Waals surface area contributed by atoms with Crippen LogP contribution in [0.25, 0.3) is 0 Å². The van der Waals surface area contributed by atoms with Crippen LogP contribution in [-0.4, -0.2) is 45.4 Å². The van der Waals surface area contributed by atoms with Crippen molar-refractivity contribution in [2.24, 2.45) is 11.1 Å². The highest BCUT2D eigenvalue weighted by atomic mass is 16.5. The molecule has 1 aliphatic heterocycles. The lowest BCUT2D eigenvalue weighted by molar-refractivity contribution is -0.118. The van der Waals surface area contributed by atoms with Crippen molar-refractivity contribution < 1.29 is 9.47 Å². The van der Waals surface area contributed by atoms with E-state index in [2.05, 4.69) is 31.0 Å². The van der Waals surface area contributed by atoms with Crippen molar-refractivity contribution in [3.8, 4) is 5.75 Å². The first kappa shape index (κ1) is 14.3. The summed E-state index contributed by atoms with van der Waals surface area (Å²) in [5.41, 5.74) is 8.48. The van der Waals surface area contributed by atoms with Gasteiger partial charge in [0.05, 0.1) is 20.3 Å². The fourth-order valence-electron chi connectivity index (χ4n) is 2.61. The first-order valence-electron chi connectivity index (χ1n) is 6.68. The number of rotatable bonds is 6. The molecule has 2 N–H and O–H groups in total. The average molecular weight is 264 g/mol. The second-order valence-electron chi connectivity index (χ2n) is 5.68. The number of hydrogen-bond donors (Lipinski definition) is 1. The van der Waals surface area contributed by atoms with E-state index in [0.717, 1.165) is 32.1 Å². The third-order valence-corrected chi connectivity index (χ3v) is 3.73. The van der Waals surface area contributed by atoms with Crippen molar-refractivity contribution in [3.05, 3.63) is 29.3 Å². The van der Waals surface area contributed by atoms with Crippen molar-refractivity contribution in [1.82, 2.24) is 4.90 Å². The van der Waals surface area contributed by atoms with Gasteiger partial charge in [0.25, 0.3) is 0 Å². The Kier molecular flexibility index (Phi) is 4.45. The van der Waals surface area contributed by atoms with Crippen LogP contribution in [0.15, 0.2) is 18.2 Å². The molecule has 0 unspecified atom stereocenters. The SMILES string of the molecule is COc1ccc(C)cc1CN(C)CC1(CN)COC1. The normalized spacial score (nSPS) is 17.3. The van der Waals surface area contributed by atoms with Crippen molar-refractivity contribution in [1.29, 1.82) is 0 Å². The van der Waals surface area contributed by atoms with Crippen LogP contribution < -0.4 is 10.5 Å². The largest absolute Gasteiger partial charge is 0.496 e. The zero-order chi connectivity index (χ0) is 13.9. The predicted molar refractivity (Wildman–Crippen MR) is 76.4 cm³/mol. The maximum atomic E-state index is 5.86. The van der Waals surface area contributed by atoms with Crippen LogP contribution in [0.4, 0.5) is 0 Å². The Hall–Kier alpha value is -1.10. The van der Waals surface area contributed by atoms with Crippen molar-refractivity contribution in [2.75, 3.05) is 40.5 Å². The van der Waals surface area contributed by atoms with Crippen LogP contribution >= 0.6 is 0 Å². The van der Waals surface area contributed by atoms with E-state index in [-0.39, 0.29) is 5.41 Å². The van der Waals surface area contributed by atoms with Gasteiger partial charge in [-0.25, -0.2) is 0 Å². The molecule has 1 aliphatic rings. The molecule has 0 saturated carbocycles. The molecule has 1 heterocycles. The summed E-state index contributed by atoms with van der Waals surface area (Å²) in [6.07, 6.45) is 0. The van der Waals surface area contributed by atoms with Crippen molar-refractivity contribution in [3.63, 3.8) is 0 Å². The molecule has 0 bridgehead atoms. The van der Waals surface area contributed by atoms with Gasteiger partial charge < -0.3 is 20.1 Å². The smallest absolute Gasteiger partial charge is 0.123 e. The minimum Gasteiger partial charge on any atom is -0.496 e. The van der Waals surface area contributed by atoms with Gasteiger partial charge in [0.15, 0.2) is 0 Å². The Bertz CT molecular complexity index is 425. The zero-order valence-corrected chi connectivity index (χ0v) is 12.1. The van der Waals surface area contributed by atoms with Crippen LogP contribution in [0.2, 0.25) is 0 Å². The van der Waals surface area contributed by atoms with E-state index in [0.29, 0.717) is 6.54 Å². The van der Waals surface area contributed by atoms with E-state index in [1.165, 1.54) is 11.1 Å². The second-order valence-corrected chi connectivity index (χ2v) is 5.68. The van der Waals surface area contributed by atoms with Crippen molar-refractivity contribution in [2.45, 2.75) is 13.5 Å². The molecule has 0 aliphatic carbocycles. The molecule has 1 aromatic rings. The molecule has 1 aromatic carbocycles. The molecule has 2 rings (SSSR count). The summed E-state index contributed by atoms with van der Waals surface area (Å²) in [7, 11) is 3.84. The molecule has 0 radical (unpaired) electrons. The average Bonchev–Trinajstić information content (AvgIpc) is 2.34. The Labute approximate surface area is 115 Å². The number of benzene rings is 1. The van der Waals surface area contributed by atoms with Crippen LogP contribution in [0, 0.1) is 12.3 Å². The van der Waals surface area contributed by atoms with Crippen LogP contribution in [0.3, 0.4) is 0 Å². The summed E-state index contributed by atoms with van der Waals surface area (Å²) in [4.78, 5) is 2.30. The predicted octanol–water partition coefficient (Wildman–Crippen LogP) is 1.41. The van der Waals surface area contributed by atoms with E-state index < -0.39 is 0 Å². The molecule has 1 saturated heterocycles. The molecule has 4 heteroatoms. The van der Waals surface area contributed by atoms with E-state index in [4.69, 9.17) is 15.2 Å². The highest BCUT2D eigenvalue weighted by Crippen LogP contribution is 2.28. The zero-order valence-electron chi connectivity index (χ0n) is 12.1. The standard InChI is InChI=1S/C15H24N2O2/c1-12-4-5-14(18-3)13(6-12)7-17(2)9-15(8-16)10-19-11-15/h4-6H,7-11,16H2,1-3H3. The first-order chi connectivity index (χ1) is 9.08. The third kappa shape index (κ3) is 3.26. The fraction of sp³-hybridized carbons (Fsp3) is 0.600. The maximum absolute atomic E-state index is 5.86. The van der Waals surface area contributed by atoms with Gasteiger partial charge in [0, 0.05) is 30.6 Å². The molecule has 106 valence electrons. The lowest BCUT2D eigenvalue weighted by atomic mass is 9.85. The van der Waals surface area contributed by atoms with E-state index in [1.54, 1.807) is 7.11 Å². The Morgan fingerprint density at radius 3 is 2.68 bits per heavy atom. The van der Waals surface area contributed by atoms with Gasteiger partial charge in [-0.05, 0) is 20.0 Å². The number of methoxy groups -OCH3 is 1. The molecule has 0 spiro atoms. The summed E-state index contributed by atoms with van der Waals surface area (Å²) in [6, 6.07) is 6.29. The highest BCUT2D eigenvalue weighted by Gasteiger charge is 2.38. The van der Waals surface area contributed by atoms with E-state index in [9.17, 15) is 0 Å². The number of aryl methyl sites for hydroxylation is 1. The third-order valence-electron chi connectivity index (χ3n) is 3.73. The number of nitrogens with zero attached hydrogens (tertiary/aromatic N) is 1. The minimum absolute atomic E-state index is 0.145. The van der Waals surface area contributed by atoms with Gasteiger partial charge >= 0.3 is 0 Å². The topological polar surface area (TPSA) is 47.7 Å². The Morgan fingerprint density at radius 1 is 1.42 bits per heavy atom. The highest BCUT2D eigenvalue weighted by molar-refractivity contribution is 5.36. The van der Waals surface area contributed by atoms with Crippen LogP contribution in [0.5, 0.6) is 5.75 Å². The molecular weight excluding hydrogens is 240 g/mol. The maximum Gasteiger partial charge on any atom is 0.123 e. The summed E-state index contributed by atoms with van der Waals surface area (Å²) in [5, 5.41) is 0. The molecule has 0 atom stereocenters. The monoisotopic (exact) mass is 264 g/mol. The summed E-state index contributed by atoms with van der Waals surface area (Å²) in [6.45, 7) is 6.16. The second kappa shape index (κ2) is 5.90. The summed E-state index contributed by atoms with van der Waals surface area (Å²) in [5.74, 6) is 0.948. The van der Waals surface area contributed by atoms with Gasteiger partial charge in [0.1, 0.15) is 5.75 Å². The Morgan fingerprint density at radius 2 is 2.16 bits per heavy atom. The van der Waals surface area contributed by atoms with Crippen LogP contribution in [-0.2, 0) is 11.3 Å². The molecule has 0 aromatic heterocycles. The fourth-order valence-corrected chi connectivity index (χ4v) is 2.61. The number of hydrogen-bond acceptors (Lipinski definition) is 4. The quantitative estimate of drug-likeness (QED) is 0.844. The molecule has 0 amide bonds. The van der Waals surface area contributed by atoms with E-state index >= 15 is 0 Å². The lowest BCUT2D eigenvalue weighted by Gasteiger charge is -2.43. The van der Waals surface area contributed by atoms with Crippen molar-refractivity contribution >= 4 is 0 Å². The lowest BCUT2D eigenvalue weighted by Crippen LogP contribution is -2.54. The van der Waals surface area contributed by atoms with Gasteiger partial charge in [-0.2, -0.15) is 0 Å². The molecule has 19 heavy (non-hydrogen) atoms. The number of ether oxygens (including phenoxy) is 2. The number of nitrogens with two attached hydrogens (primary N) is 1. The first-order valence-corrected chi connectivity index (χ1v) is 6.68. The van der Waals surface area contributed by atoms with Crippen LogP contribution in [0.1, 0.15) is 11.1 Å². The van der Waals surface area contributed by atoms with E-state index in [1.807, 2.05) is 6.07 Å². The van der Waals surface area contributed by atoms with Gasteiger partial charge in [-0.1, -0.05) is 17.7 Å². The molecule has 1 fully saturated rings. The summed E-state index contributed by atoms with van der Waals surface area (Å²) < 4.78 is 10.7. The van der Waals surface area contributed by atoms with Gasteiger partial charge in [-0.15, -0.1) is 0 Å². The molecular formula is C15H24N2O2. The molecule has 4 nitrogen and oxygen atoms in total. The Balaban J connectivity index is 2.02. The minimum atomic E-state index is 0.145. The summed E-state index contributed by atoms with van der Waals surface area (Å²) >= 11 is 0. The van der Waals surface area contributed by atoms with Gasteiger partial charge in [-0.3, -0.25) is 0 Å². The van der Waals surface area contributed by atoms with Gasteiger partial charge in [0.2, 0.25) is 0 Å².